The third-order valence-electron chi connectivity index (χ3n) is 8.77. The number of nitrogens with one attached hydrogen (secondary N) is 2. The van der Waals surface area contributed by atoms with Crippen molar-refractivity contribution in [2.45, 2.75) is 50.6 Å². The van der Waals surface area contributed by atoms with Crippen molar-refractivity contribution >= 4 is 34.4 Å². The van der Waals surface area contributed by atoms with Gasteiger partial charge in [-0.1, -0.05) is 42.5 Å². The maximum atomic E-state index is 14.0. The molecule has 204 valence electrons. The van der Waals surface area contributed by atoms with Gasteiger partial charge in [-0.3, -0.25) is 14.4 Å². The van der Waals surface area contributed by atoms with E-state index >= 15 is 0 Å². The monoisotopic (exact) mass is 532 g/mol. The van der Waals surface area contributed by atoms with Crippen LogP contribution < -0.4 is 10.6 Å². The highest BCUT2D eigenvalue weighted by atomic mass is 16.5. The zero-order chi connectivity index (χ0) is 27.4. The van der Waals surface area contributed by atoms with Gasteiger partial charge < -0.3 is 25.4 Å². The summed E-state index contributed by atoms with van der Waals surface area (Å²) < 4.78 is 8.28. The minimum atomic E-state index is -1.16. The van der Waals surface area contributed by atoms with Crippen molar-refractivity contribution in [3.8, 4) is 0 Å². The molecule has 11 heteroatoms. The molecule has 0 saturated carbocycles. The number of benzene rings is 2. The molecular weight excluding hydrogens is 500 g/mol. The Morgan fingerprint density at radius 3 is 2.64 bits per heavy atom. The summed E-state index contributed by atoms with van der Waals surface area (Å²) in [6, 6.07) is 15.6. The lowest BCUT2D eigenvalue weighted by Gasteiger charge is -2.36. The molecule has 3 amide bonds. The van der Waals surface area contributed by atoms with E-state index in [0.717, 1.165) is 5.52 Å². The Bertz CT molecular complexity index is 1430. The lowest BCUT2D eigenvalue weighted by molar-refractivity contribution is -0.146. The Balaban J connectivity index is 1.32. The second-order valence-corrected chi connectivity index (χ2v) is 10.9. The number of para-hydroxylation sites is 2. The zero-order valence-electron chi connectivity index (χ0n) is 21.9. The number of rotatable bonds is 8. The number of hydrogen-bond acceptors (Lipinski definition) is 7. The smallest absolute Gasteiger partial charge is 0.247 e. The first-order chi connectivity index (χ1) is 18.8. The largest absolute Gasteiger partial charge is 0.396 e. The van der Waals surface area contributed by atoms with E-state index in [9.17, 15) is 19.5 Å². The maximum Gasteiger partial charge on any atom is 0.247 e. The van der Waals surface area contributed by atoms with Gasteiger partial charge in [-0.05, 0) is 49.9 Å². The van der Waals surface area contributed by atoms with Crippen LogP contribution in [0.2, 0.25) is 0 Å². The average molecular weight is 533 g/mol. The molecule has 3 saturated heterocycles. The van der Waals surface area contributed by atoms with Crippen molar-refractivity contribution in [3.63, 3.8) is 0 Å². The van der Waals surface area contributed by atoms with Crippen molar-refractivity contribution in [1.29, 1.82) is 0 Å². The third-order valence-corrected chi connectivity index (χ3v) is 8.77. The van der Waals surface area contributed by atoms with E-state index in [1.54, 1.807) is 16.8 Å². The Labute approximate surface area is 225 Å². The summed E-state index contributed by atoms with van der Waals surface area (Å²) >= 11 is 0. The van der Waals surface area contributed by atoms with Crippen molar-refractivity contribution in [2.75, 3.05) is 18.5 Å². The predicted molar refractivity (Wildman–Crippen MR) is 141 cm³/mol. The summed E-state index contributed by atoms with van der Waals surface area (Å²) in [7, 11) is 0. The van der Waals surface area contributed by atoms with Crippen LogP contribution in [0.15, 0.2) is 54.6 Å². The summed E-state index contributed by atoms with van der Waals surface area (Å²) in [5.74, 6) is -2.64. The van der Waals surface area contributed by atoms with Crippen molar-refractivity contribution < 1.29 is 24.2 Å². The van der Waals surface area contributed by atoms with E-state index < -0.39 is 29.1 Å². The highest BCUT2D eigenvalue weighted by Crippen LogP contribution is 2.65. The van der Waals surface area contributed by atoms with Crippen molar-refractivity contribution in [1.82, 2.24) is 25.2 Å². The molecule has 3 aliphatic rings. The van der Waals surface area contributed by atoms with Crippen molar-refractivity contribution in [3.05, 3.63) is 54.6 Å². The van der Waals surface area contributed by atoms with Crippen LogP contribution in [-0.2, 0) is 25.8 Å². The fraction of sp³-hybridized carbons (Fsp3) is 0.464. The minimum Gasteiger partial charge on any atom is -0.396 e. The molecule has 3 aliphatic heterocycles. The maximum absolute atomic E-state index is 14.0. The van der Waals surface area contributed by atoms with E-state index in [-0.39, 0.29) is 43.5 Å². The molecule has 1 aromatic heterocycles. The van der Waals surface area contributed by atoms with Crippen LogP contribution in [0, 0.1) is 17.8 Å². The molecule has 3 N–H and O–H groups in total. The molecule has 4 heterocycles. The van der Waals surface area contributed by atoms with Gasteiger partial charge in [0.1, 0.15) is 23.8 Å². The second kappa shape index (κ2) is 9.42. The fourth-order valence-electron chi connectivity index (χ4n) is 6.95. The van der Waals surface area contributed by atoms with Gasteiger partial charge in [0, 0.05) is 18.8 Å². The van der Waals surface area contributed by atoms with Gasteiger partial charge in [0.2, 0.25) is 17.7 Å². The van der Waals surface area contributed by atoms with E-state index in [4.69, 9.17) is 4.74 Å². The Kier molecular flexibility index (Phi) is 6.15. The molecule has 3 unspecified atom stereocenters. The number of carbonyl (C=O) groups is 3. The number of fused-ring (bicyclic) bond motifs is 2. The molecule has 0 radical (unpaired) electrons. The lowest BCUT2D eigenvalue weighted by Crippen LogP contribution is -2.56. The molecule has 6 rings (SSSR count). The van der Waals surface area contributed by atoms with E-state index in [0.29, 0.717) is 24.0 Å². The van der Waals surface area contributed by atoms with Crippen LogP contribution in [0.3, 0.4) is 0 Å². The summed E-state index contributed by atoms with van der Waals surface area (Å²) in [6.45, 7) is 3.99. The third kappa shape index (κ3) is 3.82. The zero-order valence-corrected chi connectivity index (χ0v) is 21.9. The fourth-order valence-corrected chi connectivity index (χ4v) is 6.95. The van der Waals surface area contributed by atoms with Gasteiger partial charge in [0.15, 0.2) is 0 Å². The molecule has 0 aliphatic carbocycles. The lowest BCUT2D eigenvalue weighted by atomic mass is 9.62. The normalized spacial score (nSPS) is 31.1. The second-order valence-electron chi connectivity index (χ2n) is 10.9. The number of anilines is 1. The number of aliphatic hydroxyl groups excluding tert-OH is 1. The van der Waals surface area contributed by atoms with Crippen LogP contribution >= 0.6 is 0 Å². The molecule has 3 aromatic rings. The molecule has 39 heavy (non-hydrogen) atoms. The summed E-state index contributed by atoms with van der Waals surface area (Å²) in [5.41, 5.74) is 0.0344. The topological polar surface area (TPSA) is 139 Å². The highest BCUT2D eigenvalue weighted by Gasteiger charge is 2.79. The van der Waals surface area contributed by atoms with Crippen LogP contribution in [0.5, 0.6) is 0 Å². The molecule has 1 spiro atoms. The van der Waals surface area contributed by atoms with Gasteiger partial charge >= 0.3 is 0 Å². The molecule has 11 nitrogen and oxygen atoms in total. The molecule has 2 bridgehead atoms. The number of ether oxygens (including phenoxy) is 1. The van der Waals surface area contributed by atoms with E-state index in [1.165, 1.54) is 4.90 Å². The minimum absolute atomic E-state index is 0.0589. The molecular formula is C28H32N6O5. The summed E-state index contributed by atoms with van der Waals surface area (Å²) in [4.78, 5) is 43.1. The van der Waals surface area contributed by atoms with Crippen LogP contribution in [0.25, 0.3) is 11.0 Å². The van der Waals surface area contributed by atoms with Gasteiger partial charge in [0.05, 0.1) is 23.0 Å². The number of hydrogen-bond donors (Lipinski definition) is 3. The van der Waals surface area contributed by atoms with Crippen LogP contribution in [0.4, 0.5) is 5.69 Å². The number of aliphatic hydroxyl groups is 1. The Hall–Kier alpha value is -3.83. The molecule has 6 atom stereocenters. The number of aromatic nitrogens is 3. The summed E-state index contributed by atoms with van der Waals surface area (Å²) in [5, 5.41) is 23.7. The first-order valence-electron chi connectivity index (χ1n) is 13.3. The van der Waals surface area contributed by atoms with Gasteiger partial charge in [-0.15, -0.1) is 5.10 Å². The van der Waals surface area contributed by atoms with Gasteiger partial charge in [-0.25, -0.2) is 4.68 Å². The Morgan fingerprint density at radius 2 is 1.87 bits per heavy atom. The van der Waals surface area contributed by atoms with Crippen LogP contribution in [0.1, 0.15) is 26.7 Å². The van der Waals surface area contributed by atoms with Crippen molar-refractivity contribution in [2.24, 2.45) is 17.8 Å². The highest BCUT2D eigenvalue weighted by molar-refractivity contribution is 6.02. The quantitative estimate of drug-likeness (QED) is 0.400. The predicted octanol–water partition coefficient (Wildman–Crippen LogP) is 1.54. The Morgan fingerprint density at radius 1 is 1.13 bits per heavy atom. The van der Waals surface area contributed by atoms with Gasteiger partial charge in [-0.2, -0.15) is 0 Å². The number of carbonyl (C=O) groups excluding carboxylic acids is 3. The van der Waals surface area contributed by atoms with Crippen LogP contribution in [-0.4, -0.2) is 73.1 Å². The average Bonchev–Trinajstić information content (AvgIpc) is 3.60. The molecule has 2 aromatic carbocycles. The van der Waals surface area contributed by atoms with E-state index in [2.05, 4.69) is 20.9 Å². The summed E-state index contributed by atoms with van der Waals surface area (Å²) in [6.07, 6.45) is 0.773. The first-order valence-corrected chi connectivity index (χ1v) is 13.3. The number of likely N-dealkylation sites (tertiary alicyclic amines) is 1. The standard InChI is InChI=1S/C28H32N6O5/c1-17-15-28-22(21(27(17,2)39-28)24(36)30-18-9-4-3-5-10-18)26(38)33(13-8-14-35)23(28)25(37)29-16-34-20-12-7-6-11-19(20)31-32-34/h3-7,9-12,17,21-23,35H,8,13-16H2,1-2H3,(H,29,37)(H,30,36)/t17?,21-,22+,23?,27+,28?/m1/s1. The van der Waals surface area contributed by atoms with E-state index in [1.807, 2.05) is 56.3 Å². The number of nitrogens with zero attached hydrogens (tertiary/aromatic N) is 4. The number of amides is 3. The van der Waals surface area contributed by atoms with Gasteiger partial charge in [0.25, 0.3) is 0 Å². The SMILES string of the molecule is CC1CC23O[C@]1(C)[C@@H](C(=O)Nc1ccccc1)[C@H]2C(=O)N(CCCO)C3C(=O)NCn1nnc2ccccc21. The first kappa shape index (κ1) is 25.4. The molecule has 3 fully saturated rings.